The minimum atomic E-state index is -3.97. The van der Waals surface area contributed by atoms with Crippen LogP contribution in [0.2, 0.25) is 0 Å². The Hall–Kier alpha value is -3.09. The van der Waals surface area contributed by atoms with Crippen molar-refractivity contribution in [3.63, 3.8) is 0 Å². The number of hydrogen-bond donors (Lipinski definition) is 2. The fourth-order valence-corrected chi connectivity index (χ4v) is 4.72. The van der Waals surface area contributed by atoms with Gasteiger partial charge in [-0.05, 0) is 30.7 Å². The summed E-state index contributed by atoms with van der Waals surface area (Å²) in [6.07, 6.45) is 0.972. The van der Waals surface area contributed by atoms with Gasteiger partial charge in [-0.1, -0.05) is 0 Å². The zero-order valence-electron chi connectivity index (χ0n) is 17.7. The van der Waals surface area contributed by atoms with Gasteiger partial charge in [0, 0.05) is 12.6 Å². The maximum Gasteiger partial charge on any atom is 0.309 e. The molecular formula is C20H25N3O8S. The van der Waals surface area contributed by atoms with Gasteiger partial charge in [-0.25, -0.2) is 8.42 Å². The van der Waals surface area contributed by atoms with Gasteiger partial charge in [0.2, 0.25) is 10.0 Å². The Morgan fingerprint density at radius 3 is 2.56 bits per heavy atom. The predicted octanol–water partition coefficient (Wildman–Crippen LogP) is 0.467. The quantitative estimate of drug-likeness (QED) is 0.535. The highest BCUT2D eigenvalue weighted by atomic mass is 32.2. The first kappa shape index (κ1) is 23.6. The van der Waals surface area contributed by atoms with E-state index in [9.17, 15) is 18.0 Å². The maximum atomic E-state index is 13.2. The molecule has 2 aromatic rings. The highest BCUT2D eigenvalue weighted by Gasteiger charge is 2.35. The topological polar surface area (TPSA) is 136 Å². The Balaban J connectivity index is 1.66. The summed E-state index contributed by atoms with van der Waals surface area (Å²) in [4.78, 5) is 24.1. The van der Waals surface area contributed by atoms with Gasteiger partial charge in [0.1, 0.15) is 12.0 Å². The molecule has 1 unspecified atom stereocenters. The van der Waals surface area contributed by atoms with Crippen molar-refractivity contribution in [3.8, 4) is 11.5 Å². The Labute approximate surface area is 185 Å². The van der Waals surface area contributed by atoms with Crippen LogP contribution in [0.5, 0.6) is 11.5 Å². The molecule has 1 aliphatic rings. The number of sulfonamides is 1. The monoisotopic (exact) mass is 467 g/mol. The molecule has 1 aliphatic heterocycles. The largest absolute Gasteiger partial charge is 0.493 e. The third-order valence-corrected chi connectivity index (χ3v) is 6.65. The van der Waals surface area contributed by atoms with Gasteiger partial charge >= 0.3 is 11.8 Å². The first-order valence-electron chi connectivity index (χ1n) is 9.80. The summed E-state index contributed by atoms with van der Waals surface area (Å²) in [5.74, 6) is -0.620. The number of carbonyl (C=O) groups excluding carboxylic acids is 2. The lowest BCUT2D eigenvalue weighted by Gasteiger charge is -2.34. The Bertz CT molecular complexity index is 1040. The smallest absolute Gasteiger partial charge is 0.309 e. The predicted molar refractivity (Wildman–Crippen MR) is 111 cm³/mol. The second kappa shape index (κ2) is 10.5. The van der Waals surface area contributed by atoms with Crippen LogP contribution in [0.3, 0.4) is 0 Å². The standard InChI is InChI=1S/C20H25N3O8S/c1-28-16-7-6-15(11-17(16)29-2)32(26,27)23-8-4-10-31-18(23)13-22-20(25)19(24)21-12-14-5-3-9-30-14/h3,5-7,9,11,18H,4,8,10,12-13H2,1-2H3,(H,21,24)(H,22,25). The molecule has 0 bridgehead atoms. The normalized spacial score (nSPS) is 16.9. The van der Waals surface area contributed by atoms with Gasteiger partial charge in [-0.15, -0.1) is 0 Å². The third kappa shape index (κ3) is 5.39. The van der Waals surface area contributed by atoms with Crippen LogP contribution in [0.1, 0.15) is 12.2 Å². The number of furan rings is 1. The van der Waals surface area contributed by atoms with Crippen molar-refractivity contribution < 1.29 is 36.6 Å². The third-order valence-electron chi connectivity index (χ3n) is 4.76. The first-order chi connectivity index (χ1) is 15.4. The second-order valence-corrected chi connectivity index (χ2v) is 8.67. The van der Waals surface area contributed by atoms with Crippen LogP contribution in [0.25, 0.3) is 0 Å². The van der Waals surface area contributed by atoms with Crippen molar-refractivity contribution in [2.75, 3.05) is 33.9 Å². The van der Waals surface area contributed by atoms with Crippen molar-refractivity contribution in [1.82, 2.24) is 14.9 Å². The zero-order valence-corrected chi connectivity index (χ0v) is 18.5. The fraction of sp³-hybridized carbons (Fsp3) is 0.400. The molecule has 1 atom stereocenters. The number of nitrogens with one attached hydrogen (secondary N) is 2. The highest BCUT2D eigenvalue weighted by molar-refractivity contribution is 7.89. The summed E-state index contributed by atoms with van der Waals surface area (Å²) in [5, 5.41) is 4.84. The minimum absolute atomic E-state index is 0.00633. The molecular weight excluding hydrogens is 442 g/mol. The van der Waals surface area contributed by atoms with Crippen LogP contribution >= 0.6 is 0 Å². The van der Waals surface area contributed by atoms with E-state index in [1.165, 1.54) is 38.7 Å². The zero-order chi connectivity index (χ0) is 23.1. The molecule has 174 valence electrons. The van der Waals surface area contributed by atoms with E-state index in [4.69, 9.17) is 18.6 Å². The molecule has 2 N–H and O–H groups in total. The van der Waals surface area contributed by atoms with E-state index < -0.39 is 28.1 Å². The molecule has 2 heterocycles. The molecule has 1 aromatic heterocycles. The number of hydrogen-bond acceptors (Lipinski definition) is 8. The van der Waals surface area contributed by atoms with E-state index in [-0.39, 0.29) is 30.3 Å². The van der Waals surface area contributed by atoms with Crippen LogP contribution in [-0.2, 0) is 30.9 Å². The van der Waals surface area contributed by atoms with E-state index >= 15 is 0 Å². The lowest BCUT2D eigenvalue weighted by molar-refractivity contribution is -0.140. The molecule has 2 amide bonds. The maximum absolute atomic E-state index is 13.2. The summed E-state index contributed by atoms with van der Waals surface area (Å²) in [7, 11) is -1.11. The van der Waals surface area contributed by atoms with Crippen LogP contribution in [0.4, 0.5) is 0 Å². The fourth-order valence-electron chi connectivity index (χ4n) is 3.14. The molecule has 32 heavy (non-hydrogen) atoms. The van der Waals surface area contributed by atoms with Crippen LogP contribution in [0.15, 0.2) is 45.9 Å². The SMILES string of the molecule is COc1ccc(S(=O)(=O)N2CCCOC2CNC(=O)C(=O)NCc2ccco2)cc1OC. The van der Waals surface area contributed by atoms with Gasteiger partial charge in [0.25, 0.3) is 0 Å². The number of rotatable bonds is 8. The Kier molecular flexibility index (Phi) is 7.72. The van der Waals surface area contributed by atoms with Gasteiger partial charge in [-0.3, -0.25) is 9.59 Å². The van der Waals surface area contributed by atoms with Gasteiger partial charge in [-0.2, -0.15) is 4.31 Å². The molecule has 1 fully saturated rings. The number of carbonyl (C=O) groups is 2. The molecule has 3 rings (SSSR count). The molecule has 11 nitrogen and oxygen atoms in total. The minimum Gasteiger partial charge on any atom is -0.493 e. The van der Waals surface area contributed by atoms with Crippen LogP contribution in [-0.4, -0.2) is 64.7 Å². The van der Waals surface area contributed by atoms with Crippen molar-refractivity contribution in [2.24, 2.45) is 0 Å². The van der Waals surface area contributed by atoms with E-state index in [2.05, 4.69) is 10.6 Å². The molecule has 0 radical (unpaired) electrons. The lowest BCUT2D eigenvalue weighted by atomic mass is 10.3. The van der Waals surface area contributed by atoms with Gasteiger partial charge in [0.05, 0.1) is 45.1 Å². The molecule has 12 heteroatoms. The number of benzene rings is 1. The Morgan fingerprint density at radius 1 is 1.12 bits per heavy atom. The number of nitrogens with zero attached hydrogens (tertiary/aromatic N) is 1. The summed E-state index contributed by atoms with van der Waals surface area (Å²) >= 11 is 0. The highest BCUT2D eigenvalue weighted by Crippen LogP contribution is 2.31. The number of methoxy groups -OCH3 is 2. The number of ether oxygens (including phenoxy) is 3. The molecule has 0 spiro atoms. The van der Waals surface area contributed by atoms with Crippen LogP contribution in [0, 0.1) is 0 Å². The van der Waals surface area contributed by atoms with Crippen molar-refractivity contribution >= 4 is 21.8 Å². The summed E-state index contributed by atoms with van der Waals surface area (Å²) in [5.41, 5.74) is 0. The summed E-state index contributed by atoms with van der Waals surface area (Å²) < 4.78 is 48.6. The second-order valence-electron chi connectivity index (χ2n) is 6.78. The summed E-state index contributed by atoms with van der Waals surface area (Å²) in [6, 6.07) is 7.58. The van der Waals surface area contributed by atoms with E-state index in [1.54, 1.807) is 12.1 Å². The van der Waals surface area contributed by atoms with Crippen molar-refractivity contribution in [1.29, 1.82) is 0 Å². The van der Waals surface area contributed by atoms with Gasteiger partial charge in [0.15, 0.2) is 11.5 Å². The van der Waals surface area contributed by atoms with Crippen molar-refractivity contribution in [2.45, 2.75) is 24.1 Å². The molecule has 0 aliphatic carbocycles. The Morgan fingerprint density at radius 2 is 1.88 bits per heavy atom. The van der Waals surface area contributed by atoms with E-state index in [0.29, 0.717) is 24.5 Å². The van der Waals surface area contributed by atoms with Crippen LogP contribution < -0.4 is 20.1 Å². The average Bonchev–Trinajstić information content (AvgIpc) is 3.34. The molecule has 1 saturated heterocycles. The first-order valence-corrected chi connectivity index (χ1v) is 11.2. The average molecular weight is 468 g/mol. The van der Waals surface area contributed by atoms with E-state index in [0.717, 1.165) is 4.31 Å². The molecule has 0 saturated carbocycles. The lowest BCUT2D eigenvalue weighted by Crippen LogP contribution is -2.53. The van der Waals surface area contributed by atoms with E-state index in [1.807, 2.05) is 0 Å². The van der Waals surface area contributed by atoms with Crippen molar-refractivity contribution in [3.05, 3.63) is 42.4 Å². The summed E-state index contributed by atoms with van der Waals surface area (Å²) in [6.45, 7) is 0.379. The van der Waals surface area contributed by atoms with Gasteiger partial charge < -0.3 is 29.3 Å². The number of amides is 2. The molecule has 1 aromatic carbocycles.